The third kappa shape index (κ3) is 1.42. The summed E-state index contributed by atoms with van der Waals surface area (Å²) in [7, 11) is 1.80. The first-order chi connectivity index (χ1) is 6.85. The minimum Gasteiger partial charge on any atom is -0.392 e. The average molecular weight is 188 g/mol. The van der Waals surface area contributed by atoms with E-state index in [1.54, 1.807) is 7.05 Å². The average Bonchev–Trinajstić information content (AvgIpc) is 2.27. The Morgan fingerprint density at radius 3 is 2.86 bits per heavy atom. The van der Waals surface area contributed by atoms with Gasteiger partial charge in [-0.1, -0.05) is 18.2 Å². The Hall–Kier alpha value is -1.61. The van der Waals surface area contributed by atoms with E-state index in [1.807, 2.05) is 30.3 Å². The van der Waals surface area contributed by atoms with Crippen molar-refractivity contribution >= 4 is 16.7 Å². The predicted molar refractivity (Wildman–Crippen MR) is 57.2 cm³/mol. The third-order valence-electron chi connectivity index (χ3n) is 2.21. The topological polar surface area (TPSA) is 45.2 Å². The van der Waals surface area contributed by atoms with Crippen LogP contribution in [0.3, 0.4) is 0 Å². The van der Waals surface area contributed by atoms with Crippen molar-refractivity contribution in [2.75, 3.05) is 12.4 Å². The van der Waals surface area contributed by atoms with Crippen LogP contribution in [0.1, 0.15) is 5.56 Å². The van der Waals surface area contributed by atoms with Gasteiger partial charge in [-0.2, -0.15) is 0 Å². The molecule has 0 radical (unpaired) electrons. The largest absolute Gasteiger partial charge is 0.392 e. The molecule has 0 unspecified atom stereocenters. The molecule has 1 heterocycles. The van der Waals surface area contributed by atoms with Crippen molar-refractivity contribution in [3.63, 3.8) is 0 Å². The quantitative estimate of drug-likeness (QED) is 0.755. The molecule has 0 saturated heterocycles. The molecule has 0 aliphatic rings. The Morgan fingerprint density at radius 1 is 1.36 bits per heavy atom. The molecule has 0 spiro atoms. The van der Waals surface area contributed by atoms with E-state index in [9.17, 15) is 0 Å². The molecule has 3 nitrogen and oxygen atoms in total. The maximum Gasteiger partial charge on any atom is 0.131 e. The molecule has 0 aliphatic carbocycles. The molecule has 3 heteroatoms. The number of nitrogens with zero attached hydrogens (tertiary/aromatic N) is 1. The van der Waals surface area contributed by atoms with Crippen molar-refractivity contribution < 1.29 is 5.11 Å². The highest BCUT2D eigenvalue weighted by Gasteiger charge is 2.03. The summed E-state index contributed by atoms with van der Waals surface area (Å²) in [4.78, 5) is 4.39. The number of pyridine rings is 1. The second-order valence-electron chi connectivity index (χ2n) is 3.10. The number of anilines is 1. The van der Waals surface area contributed by atoms with Gasteiger partial charge in [-0.05, 0) is 12.1 Å². The lowest BCUT2D eigenvalue weighted by molar-refractivity contribution is 0.282. The zero-order valence-corrected chi connectivity index (χ0v) is 7.99. The summed E-state index contributed by atoms with van der Waals surface area (Å²) >= 11 is 0. The Morgan fingerprint density at radius 2 is 2.14 bits per heavy atom. The summed E-state index contributed by atoms with van der Waals surface area (Å²) in [5.41, 5.74) is 1.76. The molecule has 0 atom stereocenters. The van der Waals surface area contributed by atoms with Crippen LogP contribution in [0.4, 0.5) is 5.82 Å². The number of aromatic nitrogens is 1. The van der Waals surface area contributed by atoms with Crippen molar-refractivity contribution in [1.82, 2.24) is 4.98 Å². The van der Waals surface area contributed by atoms with Gasteiger partial charge in [0.15, 0.2) is 0 Å². The van der Waals surface area contributed by atoms with Crippen LogP contribution in [0.25, 0.3) is 10.9 Å². The number of nitrogens with one attached hydrogen (secondary N) is 1. The van der Waals surface area contributed by atoms with E-state index in [-0.39, 0.29) is 6.61 Å². The number of para-hydroxylation sites is 1. The lowest BCUT2D eigenvalue weighted by Crippen LogP contribution is -1.98. The number of aliphatic hydroxyl groups excluding tert-OH is 1. The number of hydrogen-bond donors (Lipinski definition) is 2. The first kappa shape index (κ1) is 8.97. The summed E-state index contributed by atoms with van der Waals surface area (Å²) < 4.78 is 0. The van der Waals surface area contributed by atoms with Crippen LogP contribution in [0.2, 0.25) is 0 Å². The van der Waals surface area contributed by atoms with E-state index in [1.165, 1.54) is 0 Å². The van der Waals surface area contributed by atoms with E-state index >= 15 is 0 Å². The van der Waals surface area contributed by atoms with Gasteiger partial charge in [0.1, 0.15) is 5.82 Å². The molecule has 72 valence electrons. The number of benzene rings is 1. The normalized spacial score (nSPS) is 10.4. The lowest BCUT2D eigenvalue weighted by atomic mass is 10.1. The van der Waals surface area contributed by atoms with Gasteiger partial charge in [0.25, 0.3) is 0 Å². The number of fused-ring (bicyclic) bond motifs is 1. The zero-order valence-electron chi connectivity index (χ0n) is 7.99. The monoisotopic (exact) mass is 188 g/mol. The smallest absolute Gasteiger partial charge is 0.131 e. The van der Waals surface area contributed by atoms with Crippen LogP contribution in [-0.4, -0.2) is 17.1 Å². The van der Waals surface area contributed by atoms with Crippen molar-refractivity contribution in [1.29, 1.82) is 0 Å². The minimum atomic E-state index is 0.00794. The Labute approximate surface area is 82.4 Å². The molecule has 2 N–H and O–H groups in total. The van der Waals surface area contributed by atoms with Crippen LogP contribution in [0, 0.1) is 0 Å². The van der Waals surface area contributed by atoms with E-state index in [4.69, 9.17) is 5.11 Å². The number of rotatable bonds is 2. The van der Waals surface area contributed by atoms with Crippen LogP contribution in [0.15, 0.2) is 30.3 Å². The molecular formula is C11H12N2O. The van der Waals surface area contributed by atoms with Crippen LogP contribution >= 0.6 is 0 Å². The molecule has 0 saturated carbocycles. The molecular weight excluding hydrogens is 176 g/mol. The molecule has 0 fully saturated rings. The van der Waals surface area contributed by atoms with Crippen molar-refractivity contribution in [3.8, 4) is 0 Å². The minimum absolute atomic E-state index is 0.00794. The maximum absolute atomic E-state index is 9.13. The van der Waals surface area contributed by atoms with Gasteiger partial charge in [-0.15, -0.1) is 0 Å². The first-order valence-electron chi connectivity index (χ1n) is 4.52. The van der Waals surface area contributed by atoms with Gasteiger partial charge in [0, 0.05) is 18.0 Å². The van der Waals surface area contributed by atoms with E-state index in [2.05, 4.69) is 10.3 Å². The van der Waals surface area contributed by atoms with Crippen molar-refractivity contribution in [2.45, 2.75) is 6.61 Å². The summed E-state index contributed by atoms with van der Waals surface area (Å²) in [6, 6.07) is 9.81. The summed E-state index contributed by atoms with van der Waals surface area (Å²) in [5.74, 6) is 0.742. The van der Waals surface area contributed by atoms with Gasteiger partial charge >= 0.3 is 0 Å². The fraction of sp³-hybridized carbons (Fsp3) is 0.182. The fourth-order valence-electron chi connectivity index (χ4n) is 1.50. The van der Waals surface area contributed by atoms with Crippen LogP contribution in [-0.2, 0) is 6.61 Å². The predicted octanol–water partition coefficient (Wildman–Crippen LogP) is 1.77. The molecule has 0 aliphatic heterocycles. The van der Waals surface area contributed by atoms with Crippen LogP contribution in [0.5, 0.6) is 0 Å². The maximum atomic E-state index is 9.13. The van der Waals surface area contributed by atoms with Crippen molar-refractivity contribution in [2.24, 2.45) is 0 Å². The SMILES string of the molecule is CNc1nc2ccccc2cc1CO. The van der Waals surface area contributed by atoms with Crippen LogP contribution < -0.4 is 5.32 Å². The summed E-state index contributed by atoms with van der Waals surface area (Å²) in [6.45, 7) is 0.00794. The zero-order chi connectivity index (χ0) is 9.97. The number of hydrogen-bond acceptors (Lipinski definition) is 3. The summed E-state index contributed by atoms with van der Waals surface area (Å²) in [6.07, 6.45) is 0. The standard InChI is InChI=1S/C11H12N2O/c1-12-11-9(7-14)6-8-4-2-3-5-10(8)13-11/h2-6,14H,7H2,1H3,(H,12,13). The van der Waals surface area contributed by atoms with Gasteiger partial charge in [-0.25, -0.2) is 4.98 Å². The first-order valence-corrected chi connectivity index (χ1v) is 4.52. The molecule has 1 aromatic carbocycles. The van der Waals surface area contributed by atoms with Crippen molar-refractivity contribution in [3.05, 3.63) is 35.9 Å². The van der Waals surface area contributed by atoms with E-state index in [0.717, 1.165) is 22.3 Å². The highest BCUT2D eigenvalue weighted by molar-refractivity contribution is 5.81. The highest BCUT2D eigenvalue weighted by atomic mass is 16.3. The molecule has 2 rings (SSSR count). The lowest BCUT2D eigenvalue weighted by Gasteiger charge is -2.07. The Bertz CT molecular complexity index is 411. The van der Waals surface area contributed by atoms with E-state index in [0.29, 0.717) is 0 Å². The molecule has 2 aromatic rings. The second-order valence-corrected chi connectivity index (χ2v) is 3.10. The Balaban J connectivity index is 2.69. The Kier molecular flexibility index (Phi) is 2.33. The fourth-order valence-corrected chi connectivity index (χ4v) is 1.50. The number of aliphatic hydroxyl groups is 1. The van der Waals surface area contributed by atoms with Gasteiger partial charge in [-0.3, -0.25) is 0 Å². The molecule has 1 aromatic heterocycles. The molecule has 0 bridgehead atoms. The van der Waals surface area contributed by atoms with Gasteiger partial charge in [0.05, 0.1) is 12.1 Å². The summed E-state index contributed by atoms with van der Waals surface area (Å²) in [5, 5.41) is 13.1. The third-order valence-corrected chi connectivity index (χ3v) is 2.21. The second kappa shape index (κ2) is 3.64. The molecule has 14 heavy (non-hydrogen) atoms. The van der Waals surface area contributed by atoms with Gasteiger partial charge in [0.2, 0.25) is 0 Å². The highest BCUT2D eigenvalue weighted by Crippen LogP contribution is 2.19. The van der Waals surface area contributed by atoms with Gasteiger partial charge < -0.3 is 10.4 Å². The van der Waals surface area contributed by atoms with E-state index < -0.39 is 0 Å². The molecule has 0 amide bonds.